The molecule has 0 radical (unpaired) electrons. The summed E-state index contributed by atoms with van der Waals surface area (Å²) < 4.78 is 5.90. The fraction of sp³-hybridized carbons (Fsp3) is 0.625. The number of nitrogens with one attached hydrogen (secondary N) is 1. The molecule has 0 aliphatic heterocycles. The first-order valence-corrected chi connectivity index (χ1v) is 8.23. The Kier molecular flexibility index (Phi) is 6.63. The van der Waals surface area contributed by atoms with E-state index in [4.69, 9.17) is 27.9 Å². The predicted molar refractivity (Wildman–Crippen MR) is 85.7 cm³/mol. The van der Waals surface area contributed by atoms with Gasteiger partial charge in [0, 0.05) is 12.6 Å². The molecule has 2 rings (SSSR count). The summed E-state index contributed by atoms with van der Waals surface area (Å²) in [6.07, 6.45) is 6.89. The van der Waals surface area contributed by atoms with Crippen molar-refractivity contribution >= 4 is 23.2 Å². The first kappa shape index (κ1) is 16.1. The van der Waals surface area contributed by atoms with E-state index in [9.17, 15) is 0 Å². The van der Waals surface area contributed by atoms with Gasteiger partial charge in [-0.05, 0) is 31.4 Å². The number of rotatable bonds is 6. The first-order chi connectivity index (χ1) is 9.68. The summed E-state index contributed by atoms with van der Waals surface area (Å²) >= 11 is 12.3. The minimum atomic E-state index is 0.177. The molecule has 1 fully saturated rings. The first-order valence-electron chi connectivity index (χ1n) is 7.47. The third kappa shape index (κ3) is 4.63. The van der Waals surface area contributed by atoms with E-state index in [1.165, 1.54) is 32.1 Å². The lowest BCUT2D eigenvalue weighted by molar-refractivity contribution is 0.0295. The fourth-order valence-corrected chi connectivity index (χ4v) is 3.17. The molecule has 2 nitrogen and oxygen atoms in total. The molecule has 4 heteroatoms. The van der Waals surface area contributed by atoms with E-state index in [0.717, 1.165) is 18.7 Å². The highest BCUT2D eigenvalue weighted by molar-refractivity contribution is 6.42. The van der Waals surface area contributed by atoms with Gasteiger partial charge in [-0.1, -0.05) is 54.6 Å². The molecule has 1 aromatic rings. The Labute approximate surface area is 131 Å². The van der Waals surface area contributed by atoms with Gasteiger partial charge >= 0.3 is 0 Å². The highest BCUT2D eigenvalue weighted by Crippen LogP contribution is 2.29. The van der Waals surface area contributed by atoms with Crippen LogP contribution in [0.5, 0.6) is 0 Å². The van der Waals surface area contributed by atoms with Crippen molar-refractivity contribution in [3.63, 3.8) is 0 Å². The maximum absolute atomic E-state index is 6.22. The lowest BCUT2D eigenvalue weighted by Gasteiger charge is -2.23. The summed E-state index contributed by atoms with van der Waals surface area (Å²) in [5, 5.41) is 4.69. The zero-order valence-electron chi connectivity index (χ0n) is 12.0. The Bertz CT molecular complexity index is 419. The molecule has 1 saturated carbocycles. The van der Waals surface area contributed by atoms with Crippen LogP contribution >= 0.6 is 23.2 Å². The molecule has 1 aliphatic carbocycles. The smallest absolute Gasteiger partial charge is 0.0639 e. The van der Waals surface area contributed by atoms with Crippen LogP contribution in [0.3, 0.4) is 0 Å². The zero-order valence-corrected chi connectivity index (χ0v) is 13.5. The molecule has 0 aromatic heterocycles. The molecule has 1 aliphatic rings. The minimum absolute atomic E-state index is 0.177. The maximum atomic E-state index is 6.22. The Morgan fingerprint density at radius 1 is 1.25 bits per heavy atom. The monoisotopic (exact) mass is 315 g/mol. The molecule has 0 spiro atoms. The van der Waals surface area contributed by atoms with Crippen LogP contribution in [0.25, 0.3) is 0 Å². The Morgan fingerprint density at radius 3 is 2.75 bits per heavy atom. The predicted octanol–water partition coefficient (Wildman–Crippen LogP) is 4.99. The molecule has 1 atom stereocenters. The number of halogens is 2. The zero-order chi connectivity index (χ0) is 14.4. The van der Waals surface area contributed by atoms with Crippen molar-refractivity contribution in [2.24, 2.45) is 0 Å². The summed E-state index contributed by atoms with van der Waals surface area (Å²) in [4.78, 5) is 0. The van der Waals surface area contributed by atoms with Crippen molar-refractivity contribution < 1.29 is 4.74 Å². The molecule has 0 heterocycles. The third-order valence-electron chi connectivity index (χ3n) is 3.91. The summed E-state index contributed by atoms with van der Waals surface area (Å²) in [5.41, 5.74) is 1.04. The molecular formula is C16H23Cl2NO. The van der Waals surface area contributed by atoms with Gasteiger partial charge in [-0.15, -0.1) is 0 Å². The van der Waals surface area contributed by atoms with E-state index in [1.54, 1.807) is 0 Å². The van der Waals surface area contributed by atoms with E-state index in [-0.39, 0.29) is 6.04 Å². The van der Waals surface area contributed by atoms with Crippen LogP contribution in [0.4, 0.5) is 0 Å². The normalized spacial score (nSPS) is 18.1. The van der Waals surface area contributed by atoms with Crippen LogP contribution in [0.15, 0.2) is 18.2 Å². The maximum Gasteiger partial charge on any atom is 0.0639 e. The van der Waals surface area contributed by atoms with E-state index in [2.05, 4.69) is 12.2 Å². The van der Waals surface area contributed by atoms with Crippen LogP contribution in [-0.2, 0) is 4.74 Å². The molecule has 0 bridgehead atoms. The summed E-state index contributed by atoms with van der Waals surface area (Å²) in [6, 6.07) is 5.93. The van der Waals surface area contributed by atoms with Crippen molar-refractivity contribution in [3.05, 3.63) is 33.8 Å². The molecule has 1 unspecified atom stereocenters. The average molecular weight is 316 g/mol. The highest BCUT2D eigenvalue weighted by atomic mass is 35.5. The fourth-order valence-electron chi connectivity index (χ4n) is 2.70. The van der Waals surface area contributed by atoms with E-state index in [0.29, 0.717) is 16.1 Å². The van der Waals surface area contributed by atoms with Crippen LogP contribution in [0.1, 0.15) is 50.6 Å². The van der Waals surface area contributed by atoms with Crippen molar-refractivity contribution in [3.8, 4) is 0 Å². The molecule has 112 valence electrons. The van der Waals surface area contributed by atoms with Gasteiger partial charge in [0.05, 0.1) is 22.8 Å². The van der Waals surface area contributed by atoms with Crippen molar-refractivity contribution in [2.45, 2.75) is 51.2 Å². The lowest BCUT2D eigenvalue weighted by Crippen LogP contribution is -2.26. The Balaban J connectivity index is 1.72. The van der Waals surface area contributed by atoms with Crippen LogP contribution in [0, 0.1) is 0 Å². The number of hydrogen-bond donors (Lipinski definition) is 1. The summed E-state index contributed by atoms with van der Waals surface area (Å²) in [6.45, 7) is 3.69. The number of ether oxygens (including phenoxy) is 1. The molecule has 0 amide bonds. The van der Waals surface area contributed by atoms with Crippen molar-refractivity contribution in [1.82, 2.24) is 5.32 Å². The second-order valence-corrected chi connectivity index (χ2v) is 6.23. The van der Waals surface area contributed by atoms with Gasteiger partial charge in [-0.2, -0.15) is 0 Å². The average Bonchev–Trinajstić information content (AvgIpc) is 2.47. The van der Waals surface area contributed by atoms with Gasteiger partial charge in [-0.25, -0.2) is 0 Å². The van der Waals surface area contributed by atoms with Crippen LogP contribution < -0.4 is 5.32 Å². The van der Waals surface area contributed by atoms with E-state index >= 15 is 0 Å². The molecule has 0 saturated heterocycles. The highest BCUT2D eigenvalue weighted by Gasteiger charge is 2.14. The lowest BCUT2D eigenvalue weighted by atomic mass is 9.98. The van der Waals surface area contributed by atoms with E-state index in [1.807, 2.05) is 18.2 Å². The summed E-state index contributed by atoms with van der Waals surface area (Å²) in [7, 11) is 0. The largest absolute Gasteiger partial charge is 0.377 e. The number of benzene rings is 1. The van der Waals surface area contributed by atoms with Gasteiger partial charge in [0.2, 0.25) is 0 Å². The van der Waals surface area contributed by atoms with Gasteiger partial charge in [0.15, 0.2) is 0 Å². The second kappa shape index (κ2) is 8.23. The Hall–Kier alpha value is -0.280. The van der Waals surface area contributed by atoms with Crippen LogP contribution in [-0.4, -0.2) is 19.3 Å². The second-order valence-electron chi connectivity index (χ2n) is 5.45. The molecular weight excluding hydrogens is 293 g/mol. The molecule has 1 aromatic carbocycles. The van der Waals surface area contributed by atoms with Gasteiger partial charge < -0.3 is 10.1 Å². The van der Waals surface area contributed by atoms with Gasteiger partial charge in [0.1, 0.15) is 0 Å². The van der Waals surface area contributed by atoms with Gasteiger partial charge in [0.25, 0.3) is 0 Å². The van der Waals surface area contributed by atoms with Crippen LogP contribution in [0.2, 0.25) is 10.0 Å². The molecule has 20 heavy (non-hydrogen) atoms. The SMILES string of the molecule is CC(NCCOC1CCCCC1)c1cccc(Cl)c1Cl. The third-order valence-corrected chi connectivity index (χ3v) is 4.74. The molecule has 1 N–H and O–H groups in total. The summed E-state index contributed by atoms with van der Waals surface area (Å²) in [5.74, 6) is 0. The Morgan fingerprint density at radius 2 is 2.00 bits per heavy atom. The minimum Gasteiger partial charge on any atom is -0.377 e. The van der Waals surface area contributed by atoms with Crippen molar-refractivity contribution in [2.75, 3.05) is 13.2 Å². The van der Waals surface area contributed by atoms with Crippen molar-refractivity contribution in [1.29, 1.82) is 0 Å². The quantitative estimate of drug-likeness (QED) is 0.746. The topological polar surface area (TPSA) is 21.3 Å². The van der Waals surface area contributed by atoms with E-state index < -0.39 is 0 Å². The number of hydrogen-bond acceptors (Lipinski definition) is 2. The van der Waals surface area contributed by atoms with Gasteiger partial charge in [-0.3, -0.25) is 0 Å². The standard InChI is InChI=1S/C16H23Cl2NO/c1-12(14-8-5-9-15(17)16(14)18)19-10-11-20-13-6-3-2-4-7-13/h5,8-9,12-13,19H,2-4,6-7,10-11H2,1H3.